The first-order chi connectivity index (χ1) is 20.1. The lowest BCUT2D eigenvalue weighted by Crippen LogP contribution is -1.97. The highest BCUT2D eigenvalue weighted by Crippen LogP contribution is 2.46. The van der Waals surface area contributed by atoms with Crippen molar-refractivity contribution in [3.8, 4) is 39.7 Å². The van der Waals surface area contributed by atoms with Crippen molar-refractivity contribution < 1.29 is 4.74 Å². The summed E-state index contributed by atoms with van der Waals surface area (Å²) in [6, 6.07) is 36.0. The van der Waals surface area contributed by atoms with E-state index in [0.29, 0.717) is 0 Å². The Morgan fingerprint density at radius 2 is 1.56 bits per heavy atom. The summed E-state index contributed by atoms with van der Waals surface area (Å²) in [4.78, 5) is 9.39. The Hall–Kier alpha value is -5.22. The normalized spacial score (nSPS) is 12.0. The fraction of sp³-hybridized carbons (Fsp3) is 0.0811. The zero-order chi connectivity index (χ0) is 27.5. The highest BCUT2D eigenvalue weighted by Gasteiger charge is 2.25. The smallest absolute Gasteiger partial charge is 0.137 e. The third-order valence-corrected chi connectivity index (χ3v) is 8.27. The zero-order valence-corrected chi connectivity index (χ0v) is 22.9. The van der Waals surface area contributed by atoms with Crippen LogP contribution in [0.25, 0.3) is 50.0 Å². The van der Waals surface area contributed by atoms with E-state index in [4.69, 9.17) is 9.72 Å². The lowest BCUT2D eigenvalue weighted by atomic mass is 9.99. The number of hydrogen-bond acceptors (Lipinski definition) is 3. The van der Waals surface area contributed by atoms with Crippen molar-refractivity contribution in [2.24, 2.45) is 0 Å². The van der Waals surface area contributed by atoms with Gasteiger partial charge in [0.25, 0.3) is 0 Å². The van der Waals surface area contributed by atoms with Crippen LogP contribution in [0, 0.1) is 13.8 Å². The van der Waals surface area contributed by atoms with Crippen molar-refractivity contribution in [2.45, 2.75) is 20.3 Å². The molecule has 0 atom stereocenters. The number of pyridine rings is 2. The second-order valence-corrected chi connectivity index (χ2v) is 10.8. The standard InChI is InChI=1S/C37H27N3O/c1-23-18-32(39-22-24(23)2)26-9-7-10-28(20-26)41-29-14-15-31-34(21-29)40(35-12-5-6-17-38-35)33-16-13-27-19-25-8-3-4-11-30(25)36(27)37(31)33/h3-18,20-22H,19H2,1-2H3. The SMILES string of the molecule is Cc1cnc(-c2cccc(Oc3ccc4c5c6c(ccc5n(-c5ccccn5)c4c3)Cc3ccccc3-6)c2)cc1C. The first kappa shape index (κ1) is 23.6. The Labute approximate surface area is 238 Å². The van der Waals surface area contributed by atoms with E-state index in [-0.39, 0.29) is 0 Å². The molecule has 0 radical (unpaired) electrons. The van der Waals surface area contributed by atoms with Gasteiger partial charge in [0.1, 0.15) is 17.3 Å². The van der Waals surface area contributed by atoms with Crippen molar-refractivity contribution >= 4 is 21.8 Å². The van der Waals surface area contributed by atoms with Crippen molar-refractivity contribution in [2.75, 3.05) is 0 Å². The van der Waals surface area contributed by atoms with Gasteiger partial charge < -0.3 is 4.74 Å². The van der Waals surface area contributed by atoms with Crippen LogP contribution in [0.1, 0.15) is 22.3 Å². The number of rotatable bonds is 4. The highest BCUT2D eigenvalue weighted by molar-refractivity contribution is 6.17. The monoisotopic (exact) mass is 529 g/mol. The predicted molar refractivity (Wildman–Crippen MR) is 166 cm³/mol. The molecule has 0 fully saturated rings. The number of benzene rings is 4. The minimum absolute atomic E-state index is 0.775. The van der Waals surface area contributed by atoms with E-state index in [2.05, 4.69) is 102 Å². The second kappa shape index (κ2) is 9.17. The van der Waals surface area contributed by atoms with Crippen LogP contribution in [0.3, 0.4) is 0 Å². The molecule has 0 aliphatic heterocycles. The van der Waals surface area contributed by atoms with Gasteiger partial charge in [-0.3, -0.25) is 9.55 Å². The first-order valence-electron chi connectivity index (χ1n) is 14.0. The maximum atomic E-state index is 6.48. The van der Waals surface area contributed by atoms with E-state index in [0.717, 1.165) is 46.0 Å². The summed E-state index contributed by atoms with van der Waals surface area (Å²) >= 11 is 0. The van der Waals surface area contributed by atoms with Gasteiger partial charge in [0.2, 0.25) is 0 Å². The molecule has 41 heavy (non-hydrogen) atoms. The topological polar surface area (TPSA) is 39.9 Å². The van der Waals surface area contributed by atoms with Crippen LogP contribution in [-0.2, 0) is 6.42 Å². The summed E-state index contributed by atoms with van der Waals surface area (Å²) in [6.45, 7) is 4.20. The zero-order valence-electron chi connectivity index (χ0n) is 22.9. The lowest BCUT2D eigenvalue weighted by molar-refractivity contribution is 0.483. The van der Waals surface area contributed by atoms with Crippen LogP contribution in [0.4, 0.5) is 0 Å². The molecule has 196 valence electrons. The highest BCUT2D eigenvalue weighted by atomic mass is 16.5. The van der Waals surface area contributed by atoms with Crippen LogP contribution in [-0.4, -0.2) is 14.5 Å². The van der Waals surface area contributed by atoms with Crippen LogP contribution in [0.15, 0.2) is 116 Å². The van der Waals surface area contributed by atoms with Gasteiger partial charge in [-0.15, -0.1) is 0 Å². The summed E-state index contributed by atoms with van der Waals surface area (Å²) < 4.78 is 8.73. The summed E-state index contributed by atoms with van der Waals surface area (Å²) in [5, 5.41) is 2.46. The Kier molecular flexibility index (Phi) is 5.29. The third kappa shape index (κ3) is 3.83. The van der Waals surface area contributed by atoms with Crippen molar-refractivity contribution in [1.82, 2.24) is 14.5 Å². The molecular formula is C37H27N3O. The van der Waals surface area contributed by atoms with Gasteiger partial charge >= 0.3 is 0 Å². The molecule has 3 heterocycles. The Balaban J connectivity index is 1.29. The molecule has 0 spiro atoms. The number of aryl methyl sites for hydroxylation is 2. The maximum Gasteiger partial charge on any atom is 0.137 e. The molecule has 0 bridgehead atoms. The van der Waals surface area contributed by atoms with E-state index in [1.165, 1.54) is 44.2 Å². The average Bonchev–Trinajstić information content (AvgIpc) is 3.54. The quantitative estimate of drug-likeness (QED) is 0.228. The molecule has 1 aliphatic carbocycles. The number of ether oxygens (including phenoxy) is 1. The first-order valence-corrected chi connectivity index (χ1v) is 14.0. The van der Waals surface area contributed by atoms with Crippen molar-refractivity contribution in [3.05, 3.63) is 138 Å². The molecule has 0 amide bonds. The van der Waals surface area contributed by atoms with E-state index in [1.54, 1.807) is 0 Å². The molecule has 4 nitrogen and oxygen atoms in total. The summed E-state index contributed by atoms with van der Waals surface area (Å²) in [5.74, 6) is 2.44. The Morgan fingerprint density at radius 3 is 2.44 bits per heavy atom. The molecule has 3 aromatic heterocycles. The average molecular weight is 530 g/mol. The van der Waals surface area contributed by atoms with Crippen LogP contribution in [0.5, 0.6) is 11.5 Å². The van der Waals surface area contributed by atoms with Gasteiger partial charge in [-0.2, -0.15) is 0 Å². The molecule has 8 rings (SSSR count). The molecule has 4 heteroatoms. The Bertz CT molecular complexity index is 2130. The largest absolute Gasteiger partial charge is 0.457 e. The summed E-state index contributed by atoms with van der Waals surface area (Å²) in [5.41, 5.74) is 12.0. The number of fused-ring (bicyclic) bond motifs is 7. The molecule has 0 unspecified atom stereocenters. The van der Waals surface area contributed by atoms with Gasteiger partial charge in [0.05, 0.1) is 16.7 Å². The fourth-order valence-electron chi connectivity index (χ4n) is 6.14. The Morgan fingerprint density at radius 1 is 0.683 bits per heavy atom. The molecule has 0 N–H and O–H groups in total. The van der Waals surface area contributed by atoms with E-state index in [9.17, 15) is 0 Å². The summed E-state index contributed by atoms with van der Waals surface area (Å²) in [6.07, 6.45) is 4.74. The number of aromatic nitrogens is 3. The fourth-order valence-corrected chi connectivity index (χ4v) is 6.14. The molecule has 4 aromatic carbocycles. The second-order valence-electron chi connectivity index (χ2n) is 10.8. The minimum atomic E-state index is 0.775. The molecule has 7 aromatic rings. The van der Waals surface area contributed by atoms with Gasteiger partial charge in [0.15, 0.2) is 0 Å². The van der Waals surface area contributed by atoms with Gasteiger partial charge in [-0.25, -0.2) is 4.98 Å². The molecule has 1 aliphatic rings. The van der Waals surface area contributed by atoms with Crippen LogP contribution >= 0.6 is 0 Å². The molecular weight excluding hydrogens is 502 g/mol. The number of nitrogens with zero attached hydrogens (tertiary/aromatic N) is 3. The molecule has 0 saturated heterocycles. The van der Waals surface area contributed by atoms with E-state index < -0.39 is 0 Å². The van der Waals surface area contributed by atoms with E-state index >= 15 is 0 Å². The number of hydrogen-bond donors (Lipinski definition) is 0. The third-order valence-electron chi connectivity index (χ3n) is 8.27. The van der Waals surface area contributed by atoms with Crippen molar-refractivity contribution in [3.63, 3.8) is 0 Å². The van der Waals surface area contributed by atoms with Crippen molar-refractivity contribution in [1.29, 1.82) is 0 Å². The minimum Gasteiger partial charge on any atom is -0.457 e. The predicted octanol–water partition coefficient (Wildman–Crippen LogP) is 9.22. The maximum absolute atomic E-state index is 6.48. The van der Waals surface area contributed by atoms with Crippen LogP contribution < -0.4 is 4.74 Å². The summed E-state index contributed by atoms with van der Waals surface area (Å²) in [7, 11) is 0. The van der Waals surface area contributed by atoms with Gasteiger partial charge in [-0.1, -0.05) is 48.5 Å². The van der Waals surface area contributed by atoms with E-state index in [1.807, 2.05) is 36.7 Å². The van der Waals surface area contributed by atoms with Gasteiger partial charge in [0, 0.05) is 34.8 Å². The van der Waals surface area contributed by atoms with Gasteiger partial charge in [-0.05, 0) is 102 Å². The lowest BCUT2D eigenvalue weighted by Gasteiger charge is -2.10. The molecule has 0 saturated carbocycles. The van der Waals surface area contributed by atoms with Crippen LogP contribution in [0.2, 0.25) is 0 Å².